The van der Waals surface area contributed by atoms with E-state index < -0.39 is 5.54 Å². The van der Waals surface area contributed by atoms with Gasteiger partial charge in [0, 0.05) is 49.3 Å². The van der Waals surface area contributed by atoms with E-state index in [9.17, 15) is 4.79 Å². The number of aliphatic hydroxyl groups excluding tert-OH is 1. The standard InChI is InChI=1S/C27H34N4O4/c1-34-21-7-8-24-23(17-21)22-9-12-31(25(33)18-28-11-15-32)27(26(22)29-24)10-13-30(19-27)14-16-35-20-5-3-2-4-6-20/h2-8,17,28-29,32H,9-16,18-19H2,1H3. The number of nitrogens with zero attached hydrogens (tertiary/aromatic N) is 2. The van der Waals surface area contributed by atoms with Crippen LogP contribution in [-0.4, -0.2) is 85.4 Å². The maximum atomic E-state index is 13.4. The number of rotatable bonds is 9. The third-order valence-electron chi connectivity index (χ3n) is 7.29. The summed E-state index contributed by atoms with van der Waals surface area (Å²) in [4.78, 5) is 21.5. The Bertz CT molecular complexity index is 1160. The average molecular weight is 479 g/mol. The average Bonchev–Trinajstić information content (AvgIpc) is 3.47. The van der Waals surface area contributed by atoms with E-state index in [2.05, 4.69) is 32.2 Å². The van der Waals surface area contributed by atoms with Crippen molar-refractivity contribution < 1.29 is 19.4 Å². The third-order valence-corrected chi connectivity index (χ3v) is 7.29. The number of aromatic nitrogens is 1. The van der Waals surface area contributed by atoms with Crippen molar-refractivity contribution in [3.05, 3.63) is 59.8 Å². The van der Waals surface area contributed by atoms with Crippen LogP contribution >= 0.6 is 0 Å². The first-order chi connectivity index (χ1) is 17.1. The number of benzene rings is 2. The van der Waals surface area contributed by atoms with Gasteiger partial charge in [0.25, 0.3) is 0 Å². The molecule has 1 atom stereocenters. The summed E-state index contributed by atoms with van der Waals surface area (Å²) in [5.74, 6) is 1.78. The molecule has 0 bridgehead atoms. The van der Waals surface area contributed by atoms with Gasteiger partial charge < -0.3 is 29.8 Å². The topological polar surface area (TPSA) is 90.1 Å². The molecule has 8 nitrogen and oxygen atoms in total. The predicted octanol–water partition coefficient (Wildman–Crippen LogP) is 2.12. The molecule has 1 spiro atoms. The Morgan fingerprint density at radius 2 is 2.03 bits per heavy atom. The second-order valence-corrected chi connectivity index (χ2v) is 9.31. The highest BCUT2D eigenvalue weighted by atomic mass is 16.5. The van der Waals surface area contributed by atoms with Gasteiger partial charge in [-0.3, -0.25) is 9.69 Å². The molecule has 3 heterocycles. The highest BCUT2D eigenvalue weighted by molar-refractivity contribution is 5.88. The number of fused-ring (bicyclic) bond motifs is 4. The molecule has 3 N–H and O–H groups in total. The molecule has 3 aromatic rings. The molecule has 1 aromatic heterocycles. The third kappa shape index (κ3) is 4.61. The van der Waals surface area contributed by atoms with Crippen molar-refractivity contribution in [3.63, 3.8) is 0 Å². The molecule has 8 heteroatoms. The summed E-state index contributed by atoms with van der Waals surface area (Å²) in [6.07, 6.45) is 1.66. The lowest BCUT2D eigenvalue weighted by molar-refractivity contribution is -0.137. The number of aliphatic hydroxyl groups is 1. The van der Waals surface area contributed by atoms with Gasteiger partial charge in [-0.1, -0.05) is 18.2 Å². The Balaban J connectivity index is 1.41. The van der Waals surface area contributed by atoms with Gasteiger partial charge in [-0.05, 0) is 48.7 Å². The summed E-state index contributed by atoms with van der Waals surface area (Å²) in [6, 6.07) is 16.0. The number of carbonyl (C=O) groups excluding carboxylic acids is 1. The first-order valence-electron chi connectivity index (χ1n) is 12.4. The molecule has 186 valence electrons. The van der Waals surface area contributed by atoms with Gasteiger partial charge in [-0.15, -0.1) is 0 Å². The van der Waals surface area contributed by atoms with Crippen LogP contribution in [0.1, 0.15) is 17.7 Å². The molecular formula is C27H34N4O4. The van der Waals surface area contributed by atoms with Gasteiger partial charge in [-0.2, -0.15) is 0 Å². The number of H-pyrrole nitrogens is 1. The second kappa shape index (κ2) is 10.3. The van der Waals surface area contributed by atoms with Crippen LogP contribution in [0.25, 0.3) is 10.9 Å². The van der Waals surface area contributed by atoms with Crippen LogP contribution in [0.3, 0.4) is 0 Å². The van der Waals surface area contributed by atoms with Crippen LogP contribution in [0.2, 0.25) is 0 Å². The summed E-state index contributed by atoms with van der Waals surface area (Å²) in [6.45, 7) is 4.37. The number of hydrogen-bond acceptors (Lipinski definition) is 6. The fraction of sp³-hybridized carbons (Fsp3) is 0.444. The Kier molecular flexibility index (Phi) is 6.95. The molecule has 1 unspecified atom stereocenters. The van der Waals surface area contributed by atoms with E-state index >= 15 is 0 Å². The minimum atomic E-state index is -0.412. The summed E-state index contributed by atoms with van der Waals surface area (Å²) >= 11 is 0. The Morgan fingerprint density at radius 1 is 1.17 bits per heavy atom. The molecule has 1 saturated heterocycles. The van der Waals surface area contributed by atoms with E-state index in [1.807, 2.05) is 36.4 Å². The SMILES string of the molecule is COc1ccc2[nH]c3c(c2c1)CCN(C(=O)CNCCO)C31CCN(CCOc2ccccc2)C1. The van der Waals surface area contributed by atoms with Gasteiger partial charge >= 0.3 is 0 Å². The van der Waals surface area contributed by atoms with Crippen LogP contribution in [0, 0.1) is 0 Å². The molecule has 1 fully saturated rings. The van der Waals surface area contributed by atoms with Crippen LogP contribution in [0.5, 0.6) is 11.5 Å². The quantitative estimate of drug-likeness (QED) is 0.408. The number of ether oxygens (including phenoxy) is 2. The highest BCUT2D eigenvalue weighted by Crippen LogP contribution is 2.45. The molecule has 0 aliphatic carbocycles. The summed E-state index contributed by atoms with van der Waals surface area (Å²) in [7, 11) is 1.69. The number of hydrogen-bond donors (Lipinski definition) is 3. The number of amides is 1. The molecule has 35 heavy (non-hydrogen) atoms. The molecule has 2 aromatic carbocycles. The minimum Gasteiger partial charge on any atom is -0.497 e. The Labute approximate surface area is 205 Å². The largest absolute Gasteiger partial charge is 0.497 e. The number of nitrogens with one attached hydrogen (secondary N) is 2. The maximum Gasteiger partial charge on any atom is 0.237 e. The molecule has 2 aliphatic heterocycles. The van der Waals surface area contributed by atoms with E-state index in [1.54, 1.807) is 7.11 Å². The maximum absolute atomic E-state index is 13.4. The lowest BCUT2D eigenvalue weighted by atomic mass is 9.83. The van der Waals surface area contributed by atoms with Crippen molar-refractivity contribution in [1.29, 1.82) is 0 Å². The van der Waals surface area contributed by atoms with E-state index in [4.69, 9.17) is 14.6 Å². The van der Waals surface area contributed by atoms with Crippen LogP contribution in [0.15, 0.2) is 48.5 Å². The summed E-state index contributed by atoms with van der Waals surface area (Å²) in [5, 5.41) is 13.4. The number of para-hydroxylation sites is 1. The number of likely N-dealkylation sites (tertiary alicyclic amines) is 1. The predicted molar refractivity (Wildman–Crippen MR) is 135 cm³/mol. The first-order valence-corrected chi connectivity index (χ1v) is 12.4. The van der Waals surface area contributed by atoms with Gasteiger partial charge in [0.05, 0.1) is 25.8 Å². The van der Waals surface area contributed by atoms with Crippen molar-refractivity contribution in [1.82, 2.24) is 20.1 Å². The number of methoxy groups -OCH3 is 1. The fourth-order valence-corrected chi connectivity index (χ4v) is 5.61. The zero-order valence-electron chi connectivity index (χ0n) is 20.3. The number of carbonyl (C=O) groups is 1. The van der Waals surface area contributed by atoms with Crippen molar-refractivity contribution in [2.45, 2.75) is 18.4 Å². The summed E-state index contributed by atoms with van der Waals surface area (Å²) in [5.41, 5.74) is 3.10. The van der Waals surface area contributed by atoms with E-state index in [1.165, 1.54) is 10.9 Å². The van der Waals surface area contributed by atoms with E-state index in [0.29, 0.717) is 19.7 Å². The molecule has 0 saturated carbocycles. The normalized spacial score (nSPS) is 19.9. The van der Waals surface area contributed by atoms with Gasteiger partial charge in [-0.25, -0.2) is 0 Å². The van der Waals surface area contributed by atoms with Gasteiger partial charge in [0.1, 0.15) is 18.1 Å². The highest BCUT2D eigenvalue weighted by Gasteiger charge is 2.50. The molecule has 1 amide bonds. The van der Waals surface area contributed by atoms with Crippen molar-refractivity contribution in [2.24, 2.45) is 0 Å². The first kappa shape index (κ1) is 23.7. The van der Waals surface area contributed by atoms with E-state index in [-0.39, 0.29) is 19.1 Å². The van der Waals surface area contributed by atoms with Crippen molar-refractivity contribution >= 4 is 16.8 Å². The smallest absolute Gasteiger partial charge is 0.237 e. The van der Waals surface area contributed by atoms with Crippen LogP contribution in [0.4, 0.5) is 0 Å². The molecule has 0 radical (unpaired) electrons. The van der Waals surface area contributed by atoms with Crippen LogP contribution in [-0.2, 0) is 16.8 Å². The van der Waals surface area contributed by atoms with Crippen LogP contribution < -0.4 is 14.8 Å². The Hall–Kier alpha value is -3.07. The Morgan fingerprint density at radius 3 is 2.83 bits per heavy atom. The zero-order chi connectivity index (χ0) is 24.3. The van der Waals surface area contributed by atoms with Gasteiger partial charge in [0.2, 0.25) is 5.91 Å². The minimum absolute atomic E-state index is 0.0155. The summed E-state index contributed by atoms with van der Waals surface area (Å²) < 4.78 is 11.4. The monoisotopic (exact) mass is 478 g/mol. The van der Waals surface area contributed by atoms with Crippen molar-refractivity contribution in [3.8, 4) is 11.5 Å². The molecule has 2 aliphatic rings. The van der Waals surface area contributed by atoms with E-state index in [0.717, 1.165) is 55.2 Å². The zero-order valence-corrected chi connectivity index (χ0v) is 20.3. The lowest BCUT2D eigenvalue weighted by Crippen LogP contribution is -2.57. The molecule has 5 rings (SSSR count). The second-order valence-electron chi connectivity index (χ2n) is 9.31. The fourth-order valence-electron chi connectivity index (χ4n) is 5.61. The molecular weight excluding hydrogens is 444 g/mol. The lowest BCUT2D eigenvalue weighted by Gasteiger charge is -2.45. The number of aromatic amines is 1. The van der Waals surface area contributed by atoms with Gasteiger partial charge in [0.15, 0.2) is 0 Å². The van der Waals surface area contributed by atoms with Crippen molar-refractivity contribution in [2.75, 3.05) is 59.6 Å².